The molecule has 134 valence electrons. The second-order valence-corrected chi connectivity index (χ2v) is 6.35. The Morgan fingerprint density at radius 2 is 1.63 bits per heavy atom. The number of carbonyl (C=O) groups is 3. The van der Waals surface area contributed by atoms with Crippen molar-refractivity contribution in [2.24, 2.45) is 0 Å². The standard InChI is InChI=1S/C22H18N2O3/c1-14-19(21(26)18-6-3-2-5-17(18)20(14)25)13-15-7-9-16(10-8-15)22(27)24-12-4-11-23/h2-3,5-10H,4,12-13H2,1H3,(H,24,27). The summed E-state index contributed by atoms with van der Waals surface area (Å²) < 4.78 is 0. The Labute approximate surface area is 157 Å². The Balaban J connectivity index is 1.78. The van der Waals surface area contributed by atoms with Crippen molar-refractivity contribution in [3.8, 4) is 6.07 Å². The summed E-state index contributed by atoms with van der Waals surface area (Å²) in [6.45, 7) is 1.99. The maximum absolute atomic E-state index is 12.8. The molecule has 0 saturated heterocycles. The highest BCUT2D eigenvalue weighted by Gasteiger charge is 2.29. The van der Waals surface area contributed by atoms with Gasteiger partial charge in [-0.25, -0.2) is 0 Å². The SMILES string of the molecule is CC1=C(Cc2ccc(C(=O)NCCC#N)cc2)C(=O)c2ccccc2C1=O. The van der Waals surface area contributed by atoms with Gasteiger partial charge >= 0.3 is 0 Å². The fourth-order valence-corrected chi connectivity index (χ4v) is 3.08. The highest BCUT2D eigenvalue weighted by molar-refractivity contribution is 6.26. The molecule has 1 aliphatic carbocycles. The van der Waals surface area contributed by atoms with Gasteiger partial charge in [-0.05, 0) is 24.6 Å². The van der Waals surface area contributed by atoms with E-state index in [2.05, 4.69) is 5.32 Å². The van der Waals surface area contributed by atoms with Crippen LogP contribution >= 0.6 is 0 Å². The van der Waals surface area contributed by atoms with E-state index in [0.717, 1.165) is 5.56 Å². The van der Waals surface area contributed by atoms with Gasteiger partial charge in [-0.1, -0.05) is 36.4 Å². The molecule has 1 aliphatic rings. The first-order valence-corrected chi connectivity index (χ1v) is 8.65. The zero-order valence-electron chi connectivity index (χ0n) is 14.9. The number of amides is 1. The zero-order chi connectivity index (χ0) is 19.4. The number of nitrogens with one attached hydrogen (secondary N) is 1. The molecule has 1 N–H and O–H groups in total. The lowest BCUT2D eigenvalue weighted by atomic mass is 9.82. The Morgan fingerprint density at radius 3 is 2.26 bits per heavy atom. The molecule has 5 nitrogen and oxygen atoms in total. The van der Waals surface area contributed by atoms with Crippen LogP contribution in [0.4, 0.5) is 0 Å². The highest BCUT2D eigenvalue weighted by Crippen LogP contribution is 2.28. The molecule has 0 fully saturated rings. The summed E-state index contributed by atoms with van der Waals surface area (Å²) in [4.78, 5) is 37.3. The average Bonchev–Trinajstić information content (AvgIpc) is 2.70. The molecule has 2 aromatic rings. The van der Waals surface area contributed by atoms with Gasteiger partial charge in [0.25, 0.3) is 5.91 Å². The van der Waals surface area contributed by atoms with E-state index in [-0.39, 0.29) is 23.9 Å². The molecule has 27 heavy (non-hydrogen) atoms. The summed E-state index contributed by atoms with van der Waals surface area (Å²) in [5, 5.41) is 11.2. The van der Waals surface area contributed by atoms with Gasteiger partial charge < -0.3 is 5.32 Å². The maximum Gasteiger partial charge on any atom is 0.251 e. The third-order valence-corrected chi connectivity index (χ3v) is 4.60. The van der Waals surface area contributed by atoms with Gasteiger partial charge in [0.2, 0.25) is 0 Å². The molecule has 5 heteroatoms. The summed E-state index contributed by atoms with van der Waals surface area (Å²) in [6.07, 6.45) is 0.593. The Hall–Kier alpha value is -3.52. The second-order valence-electron chi connectivity index (χ2n) is 6.35. The number of ketones is 2. The van der Waals surface area contributed by atoms with Gasteiger partial charge in [-0.15, -0.1) is 0 Å². The number of nitriles is 1. The average molecular weight is 358 g/mol. The van der Waals surface area contributed by atoms with E-state index in [1.165, 1.54) is 0 Å². The van der Waals surface area contributed by atoms with Crippen LogP contribution in [0.3, 0.4) is 0 Å². The van der Waals surface area contributed by atoms with Crippen LogP contribution in [0.25, 0.3) is 0 Å². The monoisotopic (exact) mass is 358 g/mol. The topological polar surface area (TPSA) is 87.0 Å². The first kappa shape index (κ1) is 18.3. The molecule has 0 aromatic heterocycles. The smallest absolute Gasteiger partial charge is 0.251 e. The maximum atomic E-state index is 12.8. The molecule has 0 radical (unpaired) electrons. The van der Waals surface area contributed by atoms with Crippen molar-refractivity contribution in [3.05, 3.63) is 81.9 Å². The summed E-state index contributed by atoms with van der Waals surface area (Å²) in [7, 11) is 0. The predicted octanol–water partition coefficient (Wildman–Crippen LogP) is 3.27. The van der Waals surface area contributed by atoms with E-state index < -0.39 is 0 Å². The molecule has 1 amide bonds. The normalized spacial score (nSPS) is 13.2. The van der Waals surface area contributed by atoms with Crippen LogP contribution in [0, 0.1) is 11.3 Å². The zero-order valence-corrected chi connectivity index (χ0v) is 14.9. The molecule has 0 heterocycles. The van der Waals surface area contributed by atoms with Crippen LogP contribution in [0.2, 0.25) is 0 Å². The van der Waals surface area contributed by atoms with Crippen LogP contribution < -0.4 is 5.32 Å². The number of allylic oxidation sites excluding steroid dienone is 2. The fourth-order valence-electron chi connectivity index (χ4n) is 3.08. The molecule has 0 saturated carbocycles. The first-order valence-electron chi connectivity index (χ1n) is 8.65. The minimum atomic E-state index is -0.245. The lowest BCUT2D eigenvalue weighted by Gasteiger charge is -2.19. The number of hydrogen-bond acceptors (Lipinski definition) is 4. The van der Waals surface area contributed by atoms with Gasteiger partial charge in [0.05, 0.1) is 12.5 Å². The van der Waals surface area contributed by atoms with Crippen molar-refractivity contribution in [1.82, 2.24) is 5.32 Å². The molecule has 0 spiro atoms. The number of nitrogens with zero attached hydrogens (tertiary/aromatic N) is 1. The molecule has 2 aromatic carbocycles. The van der Waals surface area contributed by atoms with Crippen molar-refractivity contribution in [1.29, 1.82) is 5.26 Å². The van der Waals surface area contributed by atoms with Crippen molar-refractivity contribution in [2.75, 3.05) is 6.54 Å². The molecule has 0 aliphatic heterocycles. The van der Waals surface area contributed by atoms with Crippen LogP contribution in [-0.2, 0) is 6.42 Å². The van der Waals surface area contributed by atoms with Gasteiger partial charge in [-0.3, -0.25) is 14.4 Å². The molecular weight excluding hydrogens is 340 g/mol. The molecular formula is C22H18N2O3. The third kappa shape index (κ3) is 3.70. The number of rotatable bonds is 5. The van der Waals surface area contributed by atoms with E-state index in [1.54, 1.807) is 55.5 Å². The number of hydrogen-bond donors (Lipinski definition) is 1. The quantitative estimate of drug-likeness (QED) is 0.831. The van der Waals surface area contributed by atoms with E-state index in [1.807, 2.05) is 6.07 Å². The van der Waals surface area contributed by atoms with Crippen LogP contribution in [0.1, 0.15) is 50.0 Å². The van der Waals surface area contributed by atoms with Gasteiger partial charge in [0.1, 0.15) is 0 Å². The van der Waals surface area contributed by atoms with E-state index in [0.29, 0.717) is 40.8 Å². The Bertz CT molecular complexity index is 995. The molecule has 0 unspecified atom stereocenters. The minimum absolute atomic E-state index is 0.117. The lowest BCUT2D eigenvalue weighted by molar-refractivity contribution is 0.0953. The minimum Gasteiger partial charge on any atom is -0.351 e. The van der Waals surface area contributed by atoms with Crippen molar-refractivity contribution in [2.45, 2.75) is 19.8 Å². The lowest BCUT2D eigenvalue weighted by Crippen LogP contribution is -2.24. The van der Waals surface area contributed by atoms with E-state index in [4.69, 9.17) is 5.26 Å². The molecule has 0 bridgehead atoms. The van der Waals surface area contributed by atoms with Gasteiger partial charge in [0.15, 0.2) is 11.6 Å². The van der Waals surface area contributed by atoms with Crippen molar-refractivity contribution in [3.63, 3.8) is 0 Å². The molecule has 3 rings (SSSR count). The van der Waals surface area contributed by atoms with E-state index >= 15 is 0 Å². The second kappa shape index (κ2) is 7.79. The fraction of sp³-hybridized carbons (Fsp3) is 0.182. The summed E-state index contributed by atoms with van der Waals surface area (Å²) in [6, 6.07) is 15.7. The Morgan fingerprint density at radius 1 is 1.00 bits per heavy atom. The number of benzene rings is 2. The van der Waals surface area contributed by atoms with Crippen LogP contribution in [-0.4, -0.2) is 24.0 Å². The van der Waals surface area contributed by atoms with Crippen LogP contribution in [0.5, 0.6) is 0 Å². The summed E-state index contributed by atoms with van der Waals surface area (Å²) >= 11 is 0. The number of Topliss-reactive ketones (excluding diaryl/α,β-unsaturated/α-hetero) is 2. The highest BCUT2D eigenvalue weighted by atomic mass is 16.2. The predicted molar refractivity (Wildman–Crippen MR) is 101 cm³/mol. The first-order chi connectivity index (χ1) is 13.0. The molecule has 0 atom stereocenters. The summed E-state index contributed by atoms with van der Waals surface area (Å²) in [5.41, 5.74) is 3.18. The largest absolute Gasteiger partial charge is 0.351 e. The summed E-state index contributed by atoms with van der Waals surface area (Å²) in [5.74, 6) is -0.486. The third-order valence-electron chi connectivity index (χ3n) is 4.60. The number of carbonyl (C=O) groups excluding carboxylic acids is 3. The van der Waals surface area contributed by atoms with Crippen LogP contribution in [0.15, 0.2) is 59.7 Å². The van der Waals surface area contributed by atoms with Gasteiger partial charge in [-0.2, -0.15) is 5.26 Å². The van der Waals surface area contributed by atoms with Crippen molar-refractivity contribution < 1.29 is 14.4 Å². The number of fused-ring (bicyclic) bond motifs is 1. The Kier molecular flexibility index (Phi) is 5.28. The van der Waals surface area contributed by atoms with Crippen molar-refractivity contribution >= 4 is 17.5 Å². The van der Waals surface area contributed by atoms with E-state index in [9.17, 15) is 14.4 Å². The van der Waals surface area contributed by atoms with Gasteiger partial charge in [0, 0.05) is 40.8 Å².